The van der Waals surface area contributed by atoms with E-state index in [4.69, 9.17) is 5.11 Å². The summed E-state index contributed by atoms with van der Waals surface area (Å²) < 4.78 is 0. The number of aromatic amines is 1. The van der Waals surface area contributed by atoms with E-state index in [1.54, 1.807) is 14.0 Å². The van der Waals surface area contributed by atoms with Crippen molar-refractivity contribution >= 4 is 0 Å². The minimum atomic E-state index is -0.0342. The van der Waals surface area contributed by atoms with Gasteiger partial charge >= 0.3 is 0 Å². The molecule has 2 N–H and O–H groups in total. The van der Waals surface area contributed by atoms with E-state index in [9.17, 15) is 0 Å². The molecular formula is C6H8N3OY-. The molecule has 1 rings (SSSR count). The monoisotopic (exact) mass is 227 g/mol. The number of rotatable bonds is 0. The summed E-state index contributed by atoms with van der Waals surface area (Å²) in [5.41, 5.74) is 1.03. The van der Waals surface area contributed by atoms with Crippen LogP contribution in [0, 0.1) is 13.0 Å². The van der Waals surface area contributed by atoms with Crippen LogP contribution in [-0.4, -0.2) is 22.1 Å². The molecule has 0 aromatic carbocycles. The Morgan fingerprint density at radius 3 is 2.73 bits per heavy atom. The van der Waals surface area contributed by atoms with Gasteiger partial charge in [0.25, 0.3) is 0 Å². The number of hydrogen-bond acceptors (Lipinski definition) is 3. The van der Waals surface area contributed by atoms with Gasteiger partial charge in [-0.05, 0) is 0 Å². The zero-order valence-electron chi connectivity index (χ0n) is 6.42. The molecule has 1 aromatic heterocycles. The fourth-order valence-electron chi connectivity index (χ4n) is 0.629. The van der Waals surface area contributed by atoms with Crippen molar-refractivity contribution in [1.82, 2.24) is 9.97 Å². The molecule has 11 heavy (non-hydrogen) atoms. The van der Waals surface area contributed by atoms with E-state index in [0.29, 0.717) is 11.3 Å². The van der Waals surface area contributed by atoms with Crippen LogP contribution >= 0.6 is 0 Å². The summed E-state index contributed by atoms with van der Waals surface area (Å²) in [6, 6.07) is 2.57. The Morgan fingerprint density at radius 1 is 1.64 bits per heavy atom. The first-order chi connectivity index (χ1) is 4.72. The second kappa shape index (κ2) is 4.62. The molecule has 4 nitrogen and oxygen atoms in total. The molecule has 0 spiro atoms. The van der Waals surface area contributed by atoms with Crippen molar-refractivity contribution in [2.45, 2.75) is 6.92 Å². The van der Waals surface area contributed by atoms with Crippen molar-refractivity contribution in [1.29, 1.82) is 0 Å². The SMILES string of the molecule is CN=c1nc(C)[c-]c(O)[nH]1.[Y]. The third-order valence-corrected chi connectivity index (χ3v) is 1.01. The number of aromatic nitrogens is 2. The molecule has 0 amide bonds. The van der Waals surface area contributed by atoms with Crippen LogP contribution in [0.25, 0.3) is 0 Å². The van der Waals surface area contributed by atoms with Crippen molar-refractivity contribution in [3.8, 4) is 5.88 Å². The Balaban J connectivity index is 0.000001000. The van der Waals surface area contributed by atoms with Gasteiger partial charge in [0, 0.05) is 45.6 Å². The number of aromatic hydroxyl groups is 1. The van der Waals surface area contributed by atoms with Gasteiger partial charge in [0.05, 0.1) is 0 Å². The zero-order valence-corrected chi connectivity index (χ0v) is 9.26. The zero-order chi connectivity index (χ0) is 7.56. The fourth-order valence-corrected chi connectivity index (χ4v) is 0.629. The largest absolute Gasteiger partial charge is 0.528 e. The molecule has 1 heterocycles. The summed E-state index contributed by atoms with van der Waals surface area (Å²) in [4.78, 5) is 10.2. The molecule has 0 aliphatic heterocycles. The van der Waals surface area contributed by atoms with Gasteiger partial charge in [-0.2, -0.15) is 0 Å². The van der Waals surface area contributed by atoms with E-state index in [0.717, 1.165) is 0 Å². The molecule has 0 unspecified atom stereocenters. The minimum absolute atomic E-state index is 0. The summed E-state index contributed by atoms with van der Waals surface area (Å²) in [6.07, 6.45) is 0. The van der Waals surface area contributed by atoms with Crippen LogP contribution in [-0.2, 0) is 32.7 Å². The van der Waals surface area contributed by atoms with Crippen LogP contribution in [0.1, 0.15) is 5.69 Å². The van der Waals surface area contributed by atoms with E-state index in [-0.39, 0.29) is 38.6 Å². The molecule has 0 atom stereocenters. The number of nitrogens with zero attached hydrogens (tertiary/aromatic N) is 2. The molecule has 0 saturated carbocycles. The molecular weight excluding hydrogens is 219 g/mol. The fraction of sp³-hybridized carbons (Fsp3) is 0.333. The molecule has 0 bridgehead atoms. The Kier molecular flexibility index (Phi) is 4.53. The first-order valence-electron chi connectivity index (χ1n) is 2.84. The molecule has 57 valence electrons. The second-order valence-corrected chi connectivity index (χ2v) is 1.84. The van der Waals surface area contributed by atoms with E-state index >= 15 is 0 Å². The Bertz CT molecular complexity index is 271. The normalized spacial score (nSPS) is 10.9. The van der Waals surface area contributed by atoms with Crippen LogP contribution in [0.2, 0.25) is 0 Å². The predicted octanol–water partition coefficient (Wildman–Crippen LogP) is -0.248. The number of nitrogens with one attached hydrogen (secondary N) is 1. The summed E-state index contributed by atoms with van der Waals surface area (Å²) in [5.74, 6) is -0.0342. The molecule has 0 saturated heterocycles. The van der Waals surface area contributed by atoms with Crippen LogP contribution in [0.15, 0.2) is 4.99 Å². The summed E-state index contributed by atoms with van der Waals surface area (Å²) in [7, 11) is 1.59. The van der Waals surface area contributed by atoms with Crippen LogP contribution in [0.3, 0.4) is 0 Å². The van der Waals surface area contributed by atoms with Gasteiger partial charge in [0.1, 0.15) is 0 Å². The average Bonchev–Trinajstić information content (AvgIpc) is 1.85. The maximum Gasteiger partial charge on any atom is 0.219 e. The maximum absolute atomic E-state index is 8.91. The predicted molar refractivity (Wildman–Crippen MR) is 35.3 cm³/mol. The minimum Gasteiger partial charge on any atom is -0.528 e. The summed E-state index contributed by atoms with van der Waals surface area (Å²) in [6.45, 7) is 1.74. The molecule has 0 aliphatic carbocycles. The van der Waals surface area contributed by atoms with Gasteiger partial charge in [-0.15, -0.1) is 5.69 Å². The molecule has 0 aliphatic rings. The Labute approximate surface area is 89.7 Å². The van der Waals surface area contributed by atoms with Crippen molar-refractivity contribution in [3.63, 3.8) is 0 Å². The van der Waals surface area contributed by atoms with Crippen LogP contribution in [0.4, 0.5) is 0 Å². The number of aryl methyl sites for hydroxylation is 1. The Hall–Kier alpha value is -0.216. The quantitative estimate of drug-likeness (QED) is 0.600. The van der Waals surface area contributed by atoms with Gasteiger partial charge in [0.2, 0.25) is 5.62 Å². The molecule has 1 aromatic rings. The third-order valence-electron chi connectivity index (χ3n) is 1.01. The van der Waals surface area contributed by atoms with Crippen molar-refractivity contribution in [3.05, 3.63) is 17.4 Å². The first-order valence-corrected chi connectivity index (χ1v) is 2.84. The van der Waals surface area contributed by atoms with Gasteiger partial charge in [-0.3, -0.25) is 9.98 Å². The van der Waals surface area contributed by atoms with Crippen LogP contribution < -0.4 is 5.62 Å². The Morgan fingerprint density at radius 2 is 2.27 bits per heavy atom. The number of H-pyrrole nitrogens is 1. The molecule has 1 radical (unpaired) electrons. The van der Waals surface area contributed by atoms with E-state index in [1.165, 1.54) is 0 Å². The standard InChI is InChI=1S/C6H8N3O.Y/c1-4-3-5(10)9-6(7-2)8-4;/h1-2H3,(H2,7,8,9,10);/q-1;. The molecule has 0 fully saturated rings. The van der Waals surface area contributed by atoms with Crippen LogP contribution in [0.5, 0.6) is 5.88 Å². The smallest absolute Gasteiger partial charge is 0.219 e. The maximum atomic E-state index is 8.91. The summed E-state index contributed by atoms with van der Waals surface area (Å²) in [5, 5.41) is 8.91. The van der Waals surface area contributed by atoms with Gasteiger partial charge in [-0.1, -0.05) is 6.92 Å². The third kappa shape index (κ3) is 3.12. The van der Waals surface area contributed by atoms with Crippen molar-refractivity contribution in [2.75, 3.05) is 7.05 Å². The summed E-state index contributed by atoms with van der Waals surface area (Å²) >= 11 is 0. The molecule has 5 heteroatoms. The average molecular weight is 227 g/mol. The van der Waals surface area contributed by atoms with Crippen molar-refractivity contribution in [2.24, 2.45) is 4.99 Å². The van der Waals surface area contributed by atoms with E-state index < -0.39 is 0 Å². The van der Waals surface area contributed by atoms with Gasteiger partial charge in [0.15, 0.2) is 0 Å². The second-order valence-electron chi connectivity index (χ2n) is 1.84. The van der Waals surface area contributed by atoms with E-state index in [1.807, 2.05) is 0 Å². The topological polar surface area (TPSA) is 61.3 Å². The van der Waals surface area contributed by atoms with Gasteiger partial charge < -0.3 is 16.2 Å². The number of hydrogen-bond donors (Lipinski definition) is 2. The first kappa shape index (κ1) is 10.8. The van der Waals surface area contributed by atoms with Gasteiger partial charge in [-0.25, -0.2) is 0 Å². The van der Waals surface area contributed by atoms with Crippen molar-refractivity contribution < 1.29 is 37.8 Å². The van der Waals surface area contributed by atoms with E-state index in [2.05, 4.69) is 21.0 Å².